The Balaban J connectivity index is 1.80. The number of nitrogens with zero attached hydrogens (tertiary/aromatic N) is 2. The maximum absolute atomic E-state index is 12.8. The minimum absolute atomic E-state index is 0.137. The van der Waals surface area contributed by atoms with Crippen molar-refractivity contribution in [2.24, 2.45) is 0 Å². The van der Waals surface area contributed by atoms with Gasteiger partial charge in [0.25, 0.3) is 5.56 Å². The van der Waals surface area contributed by atoms with Crippen LogP contribution in [0.1, 0.15) is 12.5 Å². The van der Waals surface area contributed by atoms with Gasteiger partial charge in [0.1, 0.15) is 5.75 Å². The molecule has 152 valence electrons. The summed E-state index contributed by atoms with van der Waals surface area (Å²) in [5.41, 5.74) is 3.11. The zero-order valence-electron chi connectivity index (χ0n) is 15.2. The monoisotopic (exact) mass is 423 g/mol. The minimum atomic E-state index is -4.78. The summed E-state index contributed by atoms with van der Waals surface area (Å²) in [7, 11) is 0. The molecule has 1 N–H and O–H groups in total. The van der Waals surface area contributed by atoms with Crippen LogP contribution in [0, 0.1) is 0 Å². The highest BCUT2D eigenvalue weighted by molar-refractivity contribution is 7.99. The third-order valence-electron chi connectivity index (χ3n) is 3.78. The van der Waals surface area contributed by atoms with E-state index in [1.54, 1.807) is 24.3 Å². The number of alkyl halides is 3. The van der Waals surface area contributed by atoms with Gasteiger partial charge in [-0.15, -0.1) is 13.2 Å². The molecule has 0 atom stereocenters. The Hall–Kier alpha value is -3.01. The average molecular weight is 423 g/mol. The number of rotatable bonds is 6. The lowest BCUT2D eigenvalue weighted by Crippen LogP contribution is -2.35. The molecular formula is C19H16F3N3O3S. The largest absolute Gasteiger partial charge is 0.573 e. The third kappa shape index (κ3) is 5.29. The molecule has 6 nitrogen and oxygen atoms in total. The molecule has 1 amide bonds. The van der Waals surface area contributed by atoms with Crippen molar-refractivity contribution in [3.63, 3.8) is 0 Å². The molecule has 0 aliphatic heterocycles. The second-order valence-electron chi connectivity index (χ2n) is 5.89. The fraction of sp³-hybridized carbons (Fsp3) is 0.211. The lowest BCUT2D eigenvalue weighted by atomic mass is 10.1. The predicted octanol–water partition coefficient (Wildman–Crippen LogP) is 3.72. The summed E-state index contributed by atoms with van der Waals surface area (Å²) in [5.74, 6) is -0.244. The van der Waals surface area contributed by atoms with E-state index in [2.05, 4.69) is 15.1 Å². The summed E-state index contributed by atoms with van der Waals surface area (Å²) in [5, 5.41) is 0.709. The summed E-state index contributed by atoms with van der Waals surface area (Å²) in [4.78, 5) is 29.6. The van der Waals surface area contributed by atoms with E-state index in [-0.39, 0.29) is 12.2 Å². The van der Waals surface area contributed by atoms with E-state index in [4.69, 9.17) is 0 Å². The Kier molecular flexibility index (Phi) is 6.12. The quantitative estimate of drug-likeness (QED) is 0.483. The highest BCUT2D eigenvalue weighted by Crippen LogP contribution is 2.23. The van der Waals surface area contributed by atoms with Gasteiger partial charge in [0.05, 0.1) is 17.3 Å². The number of fused-ring (bicyclic) bond motifs is 1. The van der Waals surface area contributed by atoms with Crippen LogP contribution in [0.5, 0.6) is 5.75 Å². The van der Waals surface area contributed by atoms with Gasteiger partial charge in [0.15, 0.2) is 5.16 Å². The number of para-hydroxylation sites is 1. The molecule has 0 radical (unpaired) electrons. The van der Waals surface area contributed by atoms with Crippen molar-refractivity contribution in [3.8, 4) is 5.75 Å². The lowest BCUT2D eigenvalue weighted by Gasteiger charge is -2.14. The SMILES string of the molecule is CCSc1nc2ccccc2c(=O)n1NC(=O)Cc1ccc(OC(F)(F)F)cc1. The second kappa shape index (κ2) is 8.56. The Morgan fingerprint density at radius 1 is 1.17 bits per heavy atom. The molecule has 0 aliphatic rings. The molecular weight excluding hydrogens is 407 g/mol. The van der Waals surface area contributed by atoms with Gasteiger partial charge >= 0.3 is 6.36 Å². The van der Waals surface area contributed by atoms with Crippen LogP contribution >= 0.6 is 11.8 Å². The number of carbonyl (C=O) groups is 1. The maximum atomic E-state index is 12.8. The predicted molar refractivity (Wildman–Crippen MR) is 104 cm³/mol. The number of amides is 1. The van der Waals surface area contributed by atoms with Crippen LogP contribution in [-0.4, -0.2) is 27.7 Å². The maximum Gasteiger partial charge on any atom is 0.573 e. The fourth-order valence-corrected chi connectivity index (χ4v) is 3.27. The number of ether oxygens (including phenoxy) is 1. The van der Waals surface area contributed by atoms with Crippen molar-refractivity contribution in [1.82, 2.24) is 9.66 Å². The number of carbonyl (C=O) groups excluding carboxylic acids is 1. The molecule has 1 aromatic heterocycles. The van der Waals surface area contributed by atoms with Crippen LogP contribution in [0.4, 0.5) is 13.2 Å². The van der Waals surface area contributed by atoms with E-state index in [0.29, 0.717) is 27.4 Å². The van der Waals surface area contributed by atoms with E-state index in [0.717, 1.165) is 16.8 Å². The van der Waals surface area contributed by atoms with Crippen molar-refractivity contribution in [3.05, 3.63) is 64.4 Å². The van der Waals surface area contributed by atoms with Crippen molar-refractivity contribution in [1.29, 1.82) is 0 Å². The molecule has 0 saturated heterocycles. The molecule has 1 heterocycles. The van der Waals surface area contributed by atoms with Crippen molar-refractivity contribution in [2.45, 2.75) is 24.9 Å². The van der Waals surface area contributed by atoms with Crippen LogP contribution < -0.4 is 15.7 Å². The first-order valence-corrected chi connectivity index (χ1v) is 9.54. The van der Waals surface area contributed by atoms with Crippen LogP contribution in [-0.2, 0) is 11.2 Å². The van der Waals surface area contributed by atoms with E-state index < -0.39 is 17.8 Å². The molecule has 10 heteroatoms. The first-order chi connectivity index (χ1) is 13.8. The zero-order valence-corrected chi connectivity index (χ0v) is 16.0. The number of halogens is 3. The van der Waals surface area contributed by atoms with E-state index in [1.165, 1.54) is 23.9 Å². The lowest BCUT2D eigenvalue weighted by molar-refractivity contribution is -0.274. The van der Waals surface area contributed by atoms with Crippen molar-refractivity contribution >= 4 is 28.6 Å². The number of hydrogen-bond acceptors (Lipinski definition) is 5. The van der Waals surface area contributed by atoms with E-state index >= 15 is 0 Å². The molecule has 2 aromatic carbocycles. The Morgan fingerprint density at radius 3 is 2.52 bits per heavy atom. The summed E-state index contributed by atoms with van der Waals surface area (Å²) in [6.07, 6.45) is -4.92. The van der Waals surface area contributed by atoms with E-state index in [1.807, 2.05) is 6.92 Å². The molecule has 3 rings (SSSR count). The summed E-state index contributed by atoms with van der Waals surface area (Å²) in [6, 6.07) is 11.8. The van der Waals surface area contributed by atoms with Gasteiger partial charge in [-0.1, -0.05) is 43.0 Å². The highest BCUT2D eigenvalue weighted by Gasteiger charge is 2.31. The molecule has 0 fully saturated rings. The zero-order chi connectivity index (χ0) is 21.0. The smallest absolute Gasteiger partial charge is 0.406 e. The summed E-state index contributed by atoms with van der Waals surface area (Å²) < 4.78 is 41.5. The Morgan fingerprint density at radius 2 is 1.86 bits per heavy atom. The first-order valence-electron chi connectivity index (χ1n) is 8.56. The van der Waals surface area contributed by atoms with Gasteiger partial charge in [0.2, 0.25) is 5.91 Å². The number of nitrogens with one attached hydrogen (secondary N) is 1. The second-order valence-corrected chi connectivity index (χ2v) is 7.12. The molecule has 0 spiro atoms. The summed E-state index contributed by atoms with van der Waals surface area (Å²) in [6.45, 7) is 1.89. The van der Waals surface area contributed by atoms with E-state index in [9.17, 15) is 22.8 Å². The molecule has 0 unspecified atom stereocenters. The van der Waals surface area contributed by atoms with Gasteiger partial charge in [-0.3, -0.25) is 15.0 Å². The molecule has 0 aliphatic carbocycles. The first kappa shape index (κ1) is 20.7. The molecule has 3 aromatic rings. The number of hydrogen-bond donors (Lipinski definition) is 1. The van der Waals surface area contributed by atoms with Gasteiger partial charge < -0.3 is 4.74 Å². The minimum Gasteiger partial charge on any atom is -0.406 e. The van der Waals surface area contributed by atoms with Crippen molar-refractivity contribution < 1.29 is 22.7 Å². The van der Waals surface area contributed by atoms with Gasteiger partial charge in [-0.25, -0.2) is 4.98 Å². The standard InChI is InChI=1S/C19H16F3N3O3S/c1-2-29-18-23-15-6-4-3-5-14(15)17(27)25(18)24-16(26)11-12-7-9-13(10-8-12)28-19(20,21)22/h3-10H,2,11H2,1H3,(H,24,26). The van der Waals surface area contributed by atoms with Gasteiger partial charge in [0, 0.05) is 0 Å². The number of benzene rings is 2. The van der Waals surface area contributed by atoms with Crippen LogP contribution in [0.3, 0.4) is 0 Å². The normalized spacial score (nSPS) is 11.4. The molecule has 29 heavy (non-hydrogen) atoms. The highest BCUT2D eigenvalue weighted by atomic mass is 32.2. The summed E-state index contributed by atoms with van der Waals surface area (Å²) >= 11 is 1.30. The fourth-order valence-electron chi connectivity index (χ4n) is 2.60. The van der Waals surface area contributed by atoms with Gasteiger partial charge in [-0.2, -0.15) is 4.68 Å². The third-order valence-corrected chi connectivity index (χ3v) is 4.60. The van der Waals surface area contributed by atoms with Crippen LogP contribution in [0.25, 0.3) is 10.9 Å². The topological polar surface area (TPSA) is 73.2 Å². The number of aromatic nitrogens is 2. The van der Waals surface area contributed by atoms with Gasteiger partial charge in [-0.05, 0) is 35.6 Å². The van der Waals surface area contributed by atoms with Crippen LogP contribution in [0.2, 0.25) is 0 Å². The Labute approximate surface area is 167 Å². The van der Waals surface area contributed by atoms with Crippen LogP contribution in [0.15, 0.2) is 58.5 Å². The molecule has 0 saturated carbocycles. The molecule has 0 bridgehead atoms. The number of thioether (sulfide) groups is 1. The average Bonchev–Trinajstić information content (AvgIpc) is 2.65. The van der Waals surface area contributed by atoms with Crippen molar-refractivity contribution in [2.75, 3.05) is 11.2 Å². The Bertz CT molecular complexity index is 1080.